The van der Waals surface area contributed by atoms with Crippen LogP contribution in [0.3, 0.4) is 0 Å². The Morgan fingerprint density at radius 1 is 0.656 bits per heavy atom. The summed E-state index contributed by atoms with van der Waals surface area (Å²) < 4.78 is 0. The van der Waals surface area contributed by atoms with Gasteiger partial charge in [0.05, 0.1) is 0 Å². The van der Waals surface area contributed by atoms with Gasteiger partial charge in [-0.15, -0.1) is 0 Å². The summed E-state index contributed by atoms with van der Waals surface area (Å²) in [6.45, 7) is 3.97. The zero-order chi connectivity index (χ0) is 25.1. The number of carbonyl (C=O) groups is 4. The van der Waals surface area contributed by atoms with Gasteiger partial charge in [-0.05, 0) is 25.0 Å². The van der Waals surface area contributed by atoms with E-state index in [-0.39, 0.29) is 24.3 Å². The van der Waals surface area contributed by atoms with Crippen LogP contribution < -0.4 is 0 Å². The standard InChI is InChI=1S/2C8H14O4.C6H6O2/c2*1-2-3-4-5-6(7(9)10)8(11)12;7-5-2-1-3-6(8)4-5/h2*6H,2-5H2,1H3,(H,9,10)(H,11,12);1-4,7-8H. The second-order valence-corrected chi connectivity index (χ2v) is 6.97. The van der Waals surface area contributed by atoms with Gasteiger partial charge in [0.2, 0.25) is 0 Å². The number of carboxylic acid groups (broad SMARTS) is 4. The predicted octanol–water partition coefficient (Wildman–Crippen LogP) is 3.80. The molecule has 182 valence electrons. The lowest BCUT2D eigenvalue weighted by atomic mass is 10.0. The van der Waals surface area contributed by atoms with Gasteiger partial charge >= 0.3 is 23.9 Å². The van der Waals surface area contributed by atoms with Crippen LogP contribution in [-0.4, -0.2) is 54.5 Å². The van der Waals surface area contributed by atoms with Gasteiger partial charge in [0, 0.05) is 6.07 Å². The molecule has 0 radical (unpaired) electrons. The highest BCUT2D eigenvalue weighted by Crippen LogP contribution is 2.15. The minimum Gasteiger partial charge on any atom is -0.508 e. The Bertz CT molecular complexity index is 618. The molecule has 0 saturated carbocycles. The summed E-state index contributed by atoms with van der Waals surface area (Å²) in [6.07, 6.45) is 5.50. The Balaban J connectivity index is 0. The number of hydrogen-bond donors (Lipinski definition) is 6. The number of carboxylic acids is 4. The minimum absolute atomic E-state index is 0.0880. The SMILES string of the molecule is CCCCCC(C(=O)O)C(=O)O.CCCCCC(C(=O)O)C(=O)O.Oc1cccc(O)c1. The molecular formula is C22H34O10. The number of aliphatic carboxylic acids is 4. The van der Waals surface area contributed by atoms with Crippen molar-refractivity contribution in [3.8, 4) is 11.5 Å². The summed E-state index contributed by atoms with van der Waals surface area (Å²) in [5.74, 6) is -7.22. The molecule has 0 unspecified atom stereocenters. The van der Waals surface area contributed by atoms with Crippen LogP contribution in [0.1, 0.15) is 65.2 Å². The number of phenolic OH excluding ortho intramolecular Hbond substituents is 2. The fraction of sp³-hybridized carbons (Fsp3) is 0.545. The third-order valence-corrected chi connectivity index (χ3v) is 4.21. The summed E-state index contributed by atoms with van der Waals surface area (Å²) in [5, 5.41) is 51.2. The van der Waals surface area contributed by atoms with Crippen LogP contribution in [0.2, 0.25) is 0 Å². The molecule has 0 aliphatic rings. The van der Waals surface area contributed by atoms with Gasteiger partial charge in [-0.1, -0.05) is 58.4 Å². The van der Waals surface area contributed by atoms with E-state index < -0.39 is 35.7 Å². The van der Waals surface area contributed by atoms with Crippen LogP contribution >= 0.6 is 0 Å². The first-order valence-electron chi connectivity index (χ1n) is 10.4. The van der Waals surface area contributed by atoms with Crippen LogP contribution in [0.15, 0.2) is 24.3 Å². The quantitative estimate of drug-likeness (QED) is 0.198. The van der Waals surface area contributed by atoms with Gasteiger partial charge in [-0.3, -0.25) is 19.2 Å². The smallest absolute Gasteiger partial charge is 0.317 e. The maximum Gasteiger partial charge on any atom is 0.317 e. The maximum absolute atomic E-state index is 10.4. The first kappa shape index (κ1) is 30.9. The number of benzene rings is 1. The Labute approximate surface area is 187 Å². The average Bonchev–Trinajstić information content (AvgIpc) is 2.68. The molecule has 0 amide bonds. The summed E-state index contributed by atoms with van der Waals surface area (Å²) >= 11 is 0. The van der Waals surface area contributed by atoms with E-state index in [1.807, 2.05) is 13.8 Å². The van der Waals surface area contributed by atoms with Crippen molar-refractivity contribution in [3.63, 3.8) is 0 Å². The molecule has 0 heterocycles. The third-order valence-electron chi connectivity index (χ3n) is 4.21. The van der Waals surface area contributed by atoms with Crippen molar-refractivity contribution >= 4 is 23.9 Å². The van der Waals surface area contributed by atoms with Gasteiger partial charge in [0.1, 0.15) is 11.5 Å². The summed E-state index contributed by atoms with van der Waals surface area (Å²) in [6, 6.07) is 5.85. The fourth-order valence-electron chi connectivity index (χ4n) is 2.40. The Kier molecular flexibility index (Phi) is 17.8. The van der Waals surface area contributed by atoms with Gasteiger partial charge < -0.3 is 30.6 Å². The number of unbranched alkanes of at least 4 members (excludes halogenated alkanes) is 4. The number of phenols is 2. The maximum atomic E-state index is 10.4. The number of aromatic hydroxyl groups is 2. The number of rotatable bonds is 12. The van der Waals surface area contributed by atoms with Crippen LogP contribution in [0.4, 0.5) is 0 Å². The van der Waals surface area contributed by atoms with Crippen LogP contribution in [0, 0.1) is 11.8 Å². The third kappa shape index (κ3) is 16.5. The van der Waals surface area contributed by atoms with E-state index in [1.54, 1.807) is 6.07 Å². The summed E-state index contributed by atoms with van der Waals surface area (Å²) in [4.78, 5) is 41.4. The molecule has 10 heteroatoms. The molecule has 0 aromatic heterocycles. The van der Waals surface area contributed by atoms with Crippen molar-refractivity contribution in [1.82, 2.24) is 0 Å². The molecule has 0 saturated heterocycles. The summed E-state index contributed by atoms with van der Waals surface area (Å²) in [5.41, 5.74) is 0. The predicted molar refractivity (Wildman–Crippen MR) is 116 cm³/mol. The van der Waals surface area contributed by atoms with E-state index in [0.717, 1.165) is 25.7 Å². The zero-order valence-corrected chi connectivity index (χ0v) is 18.4. The molecular weight excluding hydrogens is 424 g/mol. The van der Waals surface area contributed by atoms with E-state index >= 15 is 0 Å². The molecule has 0 bridgehead atoms. The molecule has 10 nitrogen and oxygen atoms in total. The second-order valence-electron chi connectivity index (χ2n) is 6.97. The number of hydrogen-bond acceptors (Lipinski definition) is 6. The molecule has 0 aliphatic carbocycles. The van der Waals surface area contributed by atoms with E-state index in [2.05, 4.69) is 0 Å². The van der Waals surface area contributed by atoms with Gasteiger partial charge in [0.15, 0.2) is 11.8 Å². The average molecular weight is 459 g/mol. The molecule has 6 N–H and O–H groups in total. The molecule has 1 aromatic rings. The molecule has 32 heavy (non-hydrogen) atoms. The lowest BCUT2D eigenvalue weighted by molar-refractivity contribution is -0.156. The molecule has 0 atom stereocenters. The van der Waals surface area contributed by atoms with Crippen molar-refractivity contribution in [2.24, 2.45) is 11.8 Å². The van der Waals surface area contributed by atoms with Crippen molar-refractivity contribution in [3.05, 3.63) is 24.3 Å². The first-order chi connectivity index (χ1) is 15.0. The highest BCUT2D eigenvalue weighted by molar-refractivity contribution is 5.93. The topological polar surface area (TPSA) is 190 Å². The molecule has 0 aliphatic heterocycles. The van der Waals surface area contributed by atoms with E-state index in [4.69, 9.17) is 30.6 Å². The van der Waals surface area contributed by atoms with Gasteiger partial charge in [-0.25, -0.2) is 0 Å². The molecule has 0 spiro atoms. The van der Waals surface area contributed by atoms with E-state index in [1.165, 1.54) is 18.2 Å². The minimum atomic E-state index is -1.24. The normalized spacial score (nSPS) is 9.88. The van der Waals surface area contributed by atoms with Crippen LogP contribution in [-0.2, 0) is 19.2 Å². The van der Waals surface area contributed by atoms with Crippen molar-refractivity contribution in [2.45, 2.75) is 65.2 Å². The van der Waals surface area contributed by atoms with Crippen molar-refractivity contribution in [1.29, 1.82) is 0 Å². The van der Waals surface area contributed by atoms with Crippen molar-refractivity contribution in [2.75, 3.05) is 0 Å². The highest BCUT2D eigenvalue weighted by atomic mass is 16.4. The molecule has 0 fully saturated rings. The molecule has 1 rings (SSSR count). The lowest BCUT2D eigenvalue weighted by Gasteiger charge is -2.05. The Morgan fingerprint density at radius 3 is 1.16 bits per heavy atom. The second kappa shape index (κ2) is 18.5. The summed E-state index contributed by atoms with van der Waals surface area (Å²) in [7, 11) is 0. The monoisotopic (exact) mass is 458 g/mol. The van der Waals surface area contributed by atoms with E-state index in [0.29, 0.717) is 12.8 Å². The Morgan fingerprint density at radius 2 is 0.969 bits per heavy atom. The largest absolute Gasteiger partial charge is 0.508 e. The van der Waals surface area contributed by atoms with E-state index in [9.17, 15) is 19.2 Å². The zero-order valence-electron chi connectivity index (χ0n) is 18.4. The van der Waals surface area contributed by atoms with Crippen molar-refractivity contribution < 1.29 is 49.8 Å². The van der Waals surface area contributed by atoms with Crippen LogP contribution in [0.25, 0.3) is 0 Å². The molecule has 1 aromatic carbocycles. The highest BCUT2D eigenvalue weighted by Gasteiger charge is 2.25. The fourth-order valence-corrected chi connectivity index (χ4v) is 2.40. The van der Waals surface area contributed by atoms with Gasteiger partial charge in [-0.2, -0.15) is 0 Å². The lowest BCUT2D eigenvalue weighted by Crippen LogP contribution is -2.23. The van der Waals surface area contributed by atoms with Gasteiger partial charge in [0.25, 0.3) is 0 Å². The first-order valence-corrected chi connectivity index (χ1v) is 10.4. The van der Waals surface area contributed by atoms with Crippen LogP contribution in [0.5, 0.6) is 11.5 Å². The Hall–Kier alpha value is -3.30.